The number of likely N-dealkylation sites (N-methyl/N-ethyl adjacent to an activating group) is 1. The van der Waals surface area contributed by atoms with Crippen LogP contribution in [0.1, 0.15) is 25.7 Å². The molecule has 0 amide bonds. The van der Waals surface area contributed by atoms with Crippen molar-refractivity contribution in [3.05, 3.63) is 0 Å². The molecule has 2 aliphatic rings. The van der Waals surface area contributed by atoms with E-state index >= 15 is 0 Å². The molecule has 1 atom stereocenters. The van der Waals surface area contributed by atoms with Crippen molar-refractivity contribution in [2.24, 2.45) is 0 Å². The summed E-state index contributed by atoms with van der Waals surface area (Å²) in [4.78, 5) is 2.14. The first kappa shape index (κ1) is 14.2. The lowest BCUT2D eigenvalue weighted by atomic mass is 10.1. The fourth-order valence-corrected chi connectivity index (χ4v) is 4.89. The number of hydrogen-bond donors (Lipinski definition) is 1. The highest BCUT2D eigenvalue weighted by molar-refractivity contribution is 7.89. The summed E-state index contributed by atoms with van der Waals surface area (Å²) in [6, 6.07) is 0.371. The van der Waals surface area contributed by atoms with Gasteiger partial charge in [-0.25, -0.2) is 12.7 Å². The molecule has 1 N–H and O–H groups in total. The van der Waals surface area contributed by atoms with Crippen LogP contribution in [0.3, 0.4) is 0 Å². The molecule has 2 heterocycles. The van der Waals surface area contributed by atoms with Crippen LogP contribution >= 0.6 is 0 Å². The maximum Gasteiger partial charge on any atom is 0.217 e. The molecule has 0 spiro atoms. The summed E-state index contributed by atoms with van der Waals surface area (Å²) in [5.41, 5.74) is 0. The van der Waals surface area contributed by atoms with Gasteiger partial charge < -0.3 is 10.2 Å². The van der Waals surface area contributed by atoms with Crippen LogP contribution in [-0.2, 0) is 10.0 Å². The Labute approximate surface area is 111 Å². The summed E-state index contributed by atoms with van der Waals surface area (Å²) in [6.07, 6.45) is 3.59. The largest absolute Gasteiger partial charge is 0.317 e. The Morgan fingerprint density at radius 1 is 1.17 bits per heavy atom. The van der Waals surface area contributed by atoms with Gasteiger partial charge in [0.05, 0.1) is 5.25 Å². The zero-order valence-corrected chi connectivity index (χ0v) is 12.2. The second-order valence-electron chi connectivity index (χ2n) is 5.61. The molecule has 106 valence electrons. The van der Waals surface area contributed by atoms with Crippen LogP contribution in [-0.4, -0.2) is 69.2 Å². The minimum atomic E-state index is -3.08. The third kappa shape index (κ3) is 3.04. The Kier molecular flexibility index (Phi) is 4.64. The van der Waals surface area contributed by atoms with E-state index in [9.17, 15) is 8.42 Å². The van der Waals surface area contributed by atoms with Gasteiger partial charge in [-0.2, -0.15) is 0 Å². The fraction of sp³-hybridized carbons (Fsp3) is 1.00. The SMILES string of the molecule is CN(C)C1CCCN(S(=O)(=O)C2CCNCC2)C1. The van der Waals surface area contributed by atoms with Crippen molar-refractivity contribution in [1.82, 2.24) is 14.5 Å². The van der Waals surface area contributed by atoms with Crippen LogP contribution in [0, 0.1) is 0 Å². The van der Waals surface area contributed by atoms with Crippen molar-refractivity contribution in [2.45, 2.75) is 37.0 Å². The van der Waals surface area contributed by atoms with E-state index in [1.54, 1.807) is 4.31 Å². The molecule has 2 fully saturated rings. The Hall–Kier alpha value is -0.170. The van der Waals surface area contributed by atoms with Crippen molar-refractivity contribution in [2.75, 3.05) is 40.3 Å². The average molecular weight is 275 g/mol. The monoisotopic (exact) mass is 275 g/mol. The molecule has 0 bridgehead atoms. The first-order chi connectivity index (χ1) is 8.51. The van der Waals surface area contributed by atoms with E-state index in [0.29, 0.717) is 19.1 Å². The third-order valence-corrected chi connectivity index (χ3v) is 6.52. The first-order valence-electron chi connectivity index (χ1n) is 6.88. The van der Waals surface area contributed by atoms with Gasteiger partial charge >= 0.3 is 0 Å². The van der Waals surface area contributed by atoms with E-state index < -0.39 is 10.0 Å². The number of piperidine rings is 2. The first-order valence-corrected chi connectivity index (χ1v) is 8.38. The Morgan fingerprint density at radius 3 is 2.44 bits per heavy atom. The standard InChI is InChI=1S/C12H25N3O2S/c1-14(2)11-4-3-9-15(10-11)18(16,17)12-5-7-13-8-6-12/h11-13H,3-10H2,1-2H3. The number of rotatable bonds is 3. The van der Waals surface area contributed by atoms with Gasteiger partial charge in [0.1, 0.15) is 0 Å². The lowest BCUT2D eigenvalue weighted by molar-refractivity contribution is 0.188. The summed E-state index contributed by atoms with van der Waals surface area (Å²) < 4.78 is 26.9. The molecule has 2 aliphatic heterocycles. The van der Waals surface area contributed by atoms with Gasteiger partial charge in [-0.3, -0.25) is 0 Å². The second kappa shape index (κ2) is 5.86. The maximum absolute atomic E-state index is 12.6. The average Bonchev–Trinajstić information content (AvgIpc) is 2.40. The zero-order valence-electron chi connectivity index (χ0n) is 11.4. The third-order valence-electron chi connectivity index (χ3n) is 4.16. The summed E-state index contributed by atoms with van der Waals surface area (Å²) in [6.45, 7) is 3.03. The van der Waals surface area contributed by atoms with Crippen LogP contribution in [0.25, 0.3) is 0 Å². The molecule has 0 saturated carbocycles. The van der Waals surface area contributed by atoms with E-state index in [4.69, 9.17) is 0 Å². The van der Waals surface area contributed by atoms with Gasteiger partial charge in [0.15, 0.2) is 0 Å². The van der Waals surface area contributed by atoms with E-state index in [1.165, 1.54) is 0 Å². The Morgan fingerprint density at radius 2 is 1.83 bits per heavy atom. The smallest absolute Gasteiger partial charge is 0.217 e. The molecule has 0 aromatic carbocycles. The molecule has 1 unspecified atom stereocenters. The van der Waals surface area contributed by atoms with Crippen molar-refractivity contribution < 1.29 is 8.42 Å². The van der Waals surface area contributed by atoms with E-state index in [-0.39, 0.29) is 5.25 Å². The fourth-order valence-electron chi connectivity index (χ4n) is 2.88. The number of nitrogens with zero attached hydrogens (tertiary/aromatic N) is 2. The molecule has 0 aromatic heterocycles. The molecular weight excluding hydrogens is 250 g/mol. The highest BCUT2D eigenvalue weighted by atomic mass is 32.2. The quantitative estimate of drug-likeness (QED) is 0.793. The van der Waals surface area contributed by atoms with Crippen LogP contribution in [0.2, 0.25) is 0 Å². The lowest BCUT2D eigenvalue weighted by Gasteiger charge is -2.37. The predicted octanol–water partition coefficient (Wildman–Crippen LogP) is 0.0942. The Balaban J connectivity index is 2.04. The van der Waals surface area contributed by atoms with Crippen LogP contribution in [0.4, 0.5) is 0 Å². The van der Waals surface area contributed by atoms with Gasteiger partial charge in [0, 0.05) is 19.1 Å². The summed E-state index contributed by atoms with van der Waals surface area (Å²) in [5.74, 6) is 0. The van der Waals surface area contributed by atoms with Gasteiger partial charge in [-0.1, -0.05) is 0 Å². The normalized spacial score (nSPS) is 28.7. The van der Waals surface area contributed by atoms with Crippen molar-refractivity contribution in [3.63, 3.8) is 0 Å². The van der Waals surface area contributed by atoms with Crippen LogP contribution in [0.15, 0.2) is 0 Å². The molecule has 0 aliphatic carbocycles. The second-order valence-corrected chi connectivity index (χ2v) is 7.82. The lowest BCUT2D eigenvalue weighted by Crippen LogP contribution is -2.51. The van der Waals surface area contributed by atoms with Crippen molar-refractivity contribution in [3.8, 4) is 0 Å². The summed E-state index contributed by atoms with van der Waals surface area (Å²) in [7, 11) is 0.981. The van der Waals surface area contributed by atoms with Gasteiger partial charge in [0.25, 0.3) is 0 Å². The molecule has 5 nitrogen and oxygen atoms in total. The maximum atomic E-state index is 12.6. The van der Waals surface area contributed by atoms with Gasteiger partial charge in [-0.15, -0.1) is 0 Å². The molecule has 0 radical (unpaired) electrons. The van der Waals surface area contributed by atoms with Crippen molar-refractivity contribution in [1.29, 1.82) is 0 Å². The molecule has 6 heteroatoms. The summed E-state index contributed by atoms with van der Waals surface area (Å²) in [5, 5.41) is 3.06. The number of sulfonamides is 1. The van der Waals surface area contributed by atoms with Crippen LogP contribution < -0.4 is 5.32 Å². The summed E-state index contributed by atoms with van der Waals surface area (Å²) >= 11 is 0. The van der Waals surface area contributed by atoms with Gasteiger partial charge in [0.2, 0.25) is 10.0 Å². The molecule has 2 saturated heterocycles. The topological polar surface area (TPSA) is 52.7 Å². The minimum Gasteiger partial charge on any atom is -0.317 e. The Bertz CT molecular complexity index is 364. The highest BCUT2D eigenvalue weighted by Crippen LogP contribution is 2.23. The predicted molar refractivity (Wildman–Crippen MR) is 73.1 cm³/mol. The van der Waals surface area contributed by atoms with Crippen molar-refractivity contribution >= 4 is 10.0 Å². The molecule has 18 heavy (non-hydrogen) atoms. The zero-order chi connectivity index (χ0) is 13.2. The molecule has 2 rings (SSSR count). The molecule has 0 aromatic rings. The van der Waals surface area contributed by atoms with Crippen LogP contribution in [0.5, 0.6) is 0 Å². The minimum absolute atomic E-state index is 0.167. The van der Waals surface area contributed by atoms with Gasteiger partial charge in [-0.05, 0) is 52.9 Å². The van der Waals surface area contributed by atoms with E-state index in [0.717, 1.165) is 38.8 Å². The number of nitrogens with one attached hydrogen (secondary N) is 1. The number of hydrogen-bond acceptors (Lipinski definition) is 4. The van der Waals surface area contributed by atoms with E-state index in [2.05, 4.69) is 10.2 Å². The van der Waals surface area contributed by atoms with E-state index in [1.807, 2.05) is 14.1 Å². The molecular formula is C12H25N3O2S. The highest BCUT2D eigenvalue weighted by Gasteiger charge is 2.36.